The van der Waals surface area contributed by atoms with Crippen LogP contribution in [0.25, 0.3) is 10.2 Å². The maximum atomic E-state index is 13.1. The minimum absolute atomic E-state index is 0.0442. The molecule has 1 aromatic heterocycles. The number of aliphatic carboxylic acids is 2. The van der Waals surface area contributed by atoms with Crippen molar-refractivity contribution in [3.63, 3.8) is 0 Å². The molecular weight excluding hydrogens is 542 g/mol. The van der Waals surface area contributed by atoms with Crippen molar-refractivity contribution in [3.05, 3.63) is 59.2 Å². The molecule has 0 saturated carbocycles. The van der Waals surface area contributed by atoms with E-state index >= 15 is 0 Å². The number of carboxylic acids is 4. The van der Waals surface area contributed by atoms with Gasteiger partial charge in [-0.05, 0) is 42.7 Å². The summed E-state index contributed by atoms with van der Waals surface area (Å²) in [5.41, 5.74) is -1.62. The van der Waals surface area contributed by atoms with Crippen LogP contribution in [0.3, 0.4) is 0 Å². The van der Waals surface area contributed by atoms with Crippen molar-refractivity contribution in [2.24, 2.45) is 11.3 Å². The summed E-state index contributed by atoms with van der Waals surface area (Å²) >= 11 is 2.31. The normalized spacial score (nSPS) is 13.2. The zero-order valence-electron chi connectivity index (χ0n) is 21.6. The number of aromatic carboxylic acids is 2. The Balaban J connectivity index is 2.31. The summed E-state index contributed by atoms with van der Waals surface area (Å²) in [5, 5.41) is 39.5. The maximum Gasteiger partial charge on any atom is 0.336 e. The minimum atomic E-state index is -1.69. The first-order valence-electron chi connectivity index (χ1n) is 12.6. The van der Waals surface area contributed by atoms with Gasteiger partial charge in [-0.3, -0.25) is 9.59 Å². The van der Waals surface area contributed by atoms with Crippen molar-refractivity contribution >= 4 is 57.2 Å². The molecule has 2 atom stereocenters. The standard InChI is InChI=1S/C28H31NO8S2/c1-3-5-13-28(26(36)37,14-6-4-2)21(25(34)35)22(39-27-29-19-9-7-8-10-20(19)38-27)17-12-11-16(23(30)31)15-18(17)24(32)33/h7-12,15,21-22H,3-6,13-14H2,1-2H3,(H,30,31)(H,32,33)(H,34,35)(H,36,37). The SMILES string of the molecule is CCCCC(CCCC)(C(=O)O)C(C(=O)O)C(Sc1nc2ccccc2s1)c1ccc(C(=O)O)cc1C(=O)O. The molecule has 0 saturated heterocycles. The number of thiazole rings is 1. The van der Waals surface area contributed by atoms with E-state index in [2.05, 4.69) is 4.98 Å². The number of hydrogen-bond acceptors (Lipinski definition) is 7. The monoisotopic (exact) mass is 573 g/mol. The molecule has 3 aromatic rings. The number of carbonyl (C=O) groups is 4. The number of nitrogens with zero attached hydrogens (tertiary/aromatic N) is 1. The summed E-state index contributed by atoms with van der Waals surface area (Å²) in [5.74, 6) is -6.90. The molecule has 9 nitrogen and oxygen atoms in total. The van der Waals surface area contributed by atoms with Gasteiger partial charge in [-0.1, -0.05) is 69.5 Å². The average molecular weight is 574 g/mol. The number of rotatable bonds is 15. The van der Waals surface area contributed by atoms with E-state index in [9.17, 15) is 39.6 Å². The van der Waals surface area contributed by atoms with Gasteiger partial charge in [-0.25, -0.2) is 14.6 Å². The van der Waals surface area contributed by atoms with E-state index in [1.54, 1.807) is 6.07 Å². The van der Waals surface area contributed by atoms with Crippen LogP contribution in [0.4, 0.5) is 0 Å². The van der Waals surface area contributed by atoms with Gasteiger partial charge in [0.25, 0.3) is 0 Å². The predicted octanol–water partition coefficient (Wildman–Crippen LogP) is 6.68. The van der Waals surface area contributed by atoms with Crippen LogP contribution in [0.5, 0.6) is 0 Å². The summed E-state index contributed by atoms with van der Waals surface area (Å²) in [6.07, 6.45) is 2.45. The number of carboxylic acid groups (broad SMARTS) is 4. The molecule has 0 fully saturated rings. The molecular formula is C28H31NO8S2. The number of aromatic nitrogens is 1. The minimum Gasteiger partial charge on any atom is -0.481 e. The Kier molecular flexibility index (Phi) is 10.1. The number of para-hydroxylation sites is 1. The number of unbranched alkanes of at least 4 members (excludes halogenated alkanes) is 2. The van der Waals surface area contributed by atoms with Gasteiger partial charge in [0.05, 0.1) is 37.9 Å². The Morgan fingerprint density at radius 1 is 0.923 bits per heavy atom. The molecule has 4 N–H and O–H groups in total. The molecule has 1 heterocycles. The summed E-state index contributed by atoms with van der Waals surface area (Å²) in [7, 11) is 0. The van der Waals surface area contributed by atoms with Crippen LogP contribution in [0.2, 0.25) is 0 Å². The smallest absolute Gasteiger partial charge is 0.336 e. The Morgan fingerprint density at radius 2 is 1.56 bits per heavy atom. The van der Waals surface area contributed by atoms with Crippen molar-refractivity contribution in [1.29, 1.82) is 0 Å². The first kappa shape index (κ1) is 30.1. The molecule has 39 heavy (non-hydrogen) atoms. The van der Waals surface area contributed by atoms with Gasteiger partial charge in [0.2, 0.25) is 0 Å². The highest BCUT2D eigenvalue weighted by molar-refractivity contribution is 8.01. The van der Waals surface area contributed by atoms with Gasteiger partial charge < -0.3 is 20.4 Å². The van der Waals surface area contributed by atoms with E-state index < -0.39 is 40.5 Å². The molecule has 2 unspecified atom stereocenters. The first-order chi connectivity index (χ1) is 18.5. The van der Waals surface area contributed by atoms with Crippen LogP contribution >= 0.6 is 23.1 Å². The van der Waals surface area contributed by atoms with Crippen LogP contribution in [-0.4, -0.2) is 49.3 Å². The van der Waals surface area contributed by atoms with E-state index in [1.165, 1.54) is 23.5 Å². The molecule has 0 aliphatic rings. The quantitative estimate of drug-likeness (QED) is 0.144. The van der Waals surface area contributed by atoms with E-state index in [-0.39, 0.29) is 29.5 Å². The second kappa shape index (κ2) is 13.1. The summed E-state index contributed by atoms with van der Waals surface area (Å²) < 4.78 is 1.29. The van der Waals surface area contributed by atoms with E-state index in [1.807, 2.05) is 32.0 Å². The number of fused-ring (bicyclic) bond motifs is 1. The van der Waals surface area contributed by atoms with Crippen LogP contribution < -0.4 is 0 Å². The topological polar surface area (TPSA) is 162 Å². The van der Waals surface area contributed by atoms with Gasteiger partial charge in [-0.2, -0.15) is 0 Å². The second-order valence-corrected chi connectivity index (χ2v) is 11.8. The van der Waals surface area contributed by atoms with Crippen LogP contribution in [0, 0.1) is 11.3 Å². The van der Waals surface area contributed by atoms with Crippen molar-refractivity contribution in [2.45, 2.75) is 62.0 Å². The van der Waals surface area contributed by atoms with Gasteiger partial charge >= 0.3 is 23.9 Å². The zero-order chi connectivity index (χ0) is 28.7. The Bertz CT molecular complexity index is 1330. The molecule has 0 amide bonds. The molecule has 0 spiro atoms. The lowest BCUT2D eigenvalue weighted by Crippen LogP contribution is -2.45. The largest absolute Gasteiger partial charge is 0.481 e. The van der Waals surface area contributed by atoms with Crippen molar-refractivity contribution in [3.8, 4) is 0 Å². The van der Waals surface area contributed by atoms with E-state index in [0.717, 1.165) is 22.5 Å². The second-order valence-electron chi connectivity index (χ2n) is 9.38. The fourth-order valence-corrected chi connectivity index (χ4v) is 7.55. The first-order valence-corrected chi connectivity index (χ1v) is 14.3. The molecule has 0 bridgehead atoms. The number of hydrogen-bond donors (Lipinski definition) is 4. The fourth-order valence-electron chi connectivity index (χ4n) is 4.87. The lowest BCUT2D eigenvalue weighted by Gasteiger charge is -2.39. The van der Waals surface area contributed by atoms with Gasteiger partial charge in [0, 0.05) is 0 Å². The third-order valence-electron chi connectivity index (χ3n) is 6.88. The highest BCUT2D eigenvalue weighted by Gasteiger charge is 2.53. The molecule has 0 aliphatic carbocycles. The Hall–Kier alpha value is -3.44. The van der Waals surface area contributed by atoms with Crippen molar-refractivity contribution in [1.82, 2.24) is 4.98 Å². The molecule has 0 aliphatic heterocycles. The molecule has 0 radical (unpaired) electrons. The summed E-state index contributed by atoms with van der Waals surface area (Å²) in [6.45, 7) is 3.78. The van der Waals surface area contributed by atoms with Crippen molar-refractivity contribution in [2.75, 3.05) is 0 Å². The lowest BCUT2D eigenvalue weighted by atomic mass is 9.66. The zero-order valence-corrected chi connectivity index (χ0v) is 23.3. The number of benzene rings is 2. The van der Waals surface area contributed by atoms with Gasteiger partial charge in [0.15, 0.2) is 4.34 Å². The van der Waals surface area contributed by atoms with Gasteiger partial charge in [-0.15, -0.1) is 11.3 Å². The highest BCUT2D eigenvalue weighted by atomic mass is 32.2. The third kappa shape index (κ3) is 6.59. The fraction of sp³-hybridized carbons (Fsp3) is 0.393. The molecule has 11 heteroatoms. The molecule has 208 valence electrons. The Labute approximate surface area is 233 Å². The van der Waals surface area contributed by atoms with E-state index in [4.69, 9.17) is 0 Å². The van der Waals surface area contributed by atoms with E-state index in [0.29, 0.717) is 35.5 Å². The van der Waals surface area contributed by atoms with Gasteiger partial charge in [0.1, 0.15) is 0 Å². The van der Waals surface area contributed by atoms with Crippen LogP contribution in [-0.2, 0) is 9.59 Å². The highest BCUT2D eigenvalue weighted by Crippen LogP contribution is 2.53. The third-order valence-corrected chi connectivity index (χ3v) is 9.32. The molecule has 3 rings (SSSR count). The van der Waals surface area contributed by atoms with Crippen molar-refractivity contribution < 1.29 is 39.6 Å². The number of thioether (sulfide) groups is 1. The lowest BCUT2D eigenvalue weighted by molar-refractivity contribution is -0.164. The van der Waals surface area contributed by atoms with Crippen LogP contribution in [0.15, 0.2) is 46.8 Å². The summed E-state index contributed by atoms with van der Waals surface area (Å²) in [6, 6.07) is 10.8. The Morgan fingerprint density at radius 3 is 2.08 bits per heavy atom. The average Bonchev–Trinajstić information content (AvgIpc) is 3.31. The summed E-state index contributed by atoms with van der Waals surface area (Å²) in [4.78, 5) is 54.6. The van der Waals surface area contributed by atoms with Crippen LogP contribution in [0.1, 0.15) is 83.9 Å². The predicted molar refractivity (Wildman–Crippen MR) is 149 cm³/mol. The maximum absolute atomic E-state index is 13.1. The molecule has 2 aromatic carbocycles.